The second kappa shape index (κ2) is 9.17. The Balaban J connectivity index is 2.02. The quantitative estimate of drug-likeness (QED) is 0.739. The molecule has 2 aromatic rings. The van der Waals surface area contributed by atoms with E-state index in [1.165, 1.54) is 11.3 Å². The number of carbonyl (C=O) groups is 2. The van der Waals surface area contributed by atoms with Crippen molar-refractivity contribution in [3.8, 4) is 0 Å². The van der Waals surface area contributed by atoms with E-state index in [0.29, 0.717) is 17.4 Å². The number of rotatable bonds is 8. The van der Waals surface area contributed by atoms with Crippen LogP contribution in [0.5, 0.6) is 0 Å². The molecule has 6 heteroatoms. The number of anilines is 1. The molecule has 1 unspecified atom stereocenters. The van der Waals surface area contributed by atoms with Gasteiger partial charge in [-0.05, 0) is 18.9 Å². The van der Waals surface area contributed by atoms with Crippen LogP contribution in [0.3, 0.4) is 0 Å². The summed E-state index contributed by atoms with van der Waals surface area (Å²) in [6.07, 6.45) is 1.81. The molecule has 0 aliphatic heterocycles. The average molecular weight is 346 g/mol. The van der Waals surface area contributed by atoms with Crippen LogP contribution in [0.4, 0.5) is 5.13 Å². The van der Waals surface area contributed by atoms with Gasteiger partial charge in [-0.3, -0.25) is 9.59 Å². The third kappa shape index (κ3) is 5.16. The number of nitrogens with one attached hydrogen (secondary N) is 1. The molecule has 1 atom stereocenters. The molecule has 1 heterocycles. The van der Waals surface area contributed by atoms with Gasteiger partial charge >= 0.3 is 5.97 Å². The Morgan fingerprint density at radius 1 is 1.25 bits per heavy atom. The van der Waals surface area contributed by atoms with Crippen molar-refractivity contribution in [1.82, 2.24) is 4.98 Å². The zero-order valence-electron chi connectivity index (χ0n) is 14.0. The number of ether oxygens (including phenoxy) is 1. The number of thiazole rings is 1. The van der Waals surface area contributed by atoms with Gasteiger partial charge in [0, 0.05) is 5.38 Å². The van der Waals surface area contributed by atoms with Gasteiger partial charge in [0.15, 0.2) is 5.13 Å². The average Bonchev–Trinajstić information content (AvgIpc) is 3.00. The lowest BCUT2D eigenvalue weighted by Gasteiger charge is -2.15. The van der Waals surface area contributed by atoms with Crippen molar-refractivity contribution in [2.24, 2.45) is 0 Å². The highest BCUT2D eigenvalue weighted by molar-refractivity contribution is 7.13. The normalized spacial score (nSPS) is 11.8. The van der Waals surface area contributed by atoms with Gasteiger partial charge in [0.25, 0.3) is 0 Å². The second-order valence-corrected chi connectivity index (χ2v) is 6.23. The van der Waals surface area contributed by atoms with E-state index < -0.39 is 0 Å². The standard InChI is InChI=1S/C18H22N2O3S/c1-3-8-15(13-9-6-5-7-10-13)17(22)20-18-19-14(12-24-18)11-16(21)23-4-2/h5-7,9-10,12,15H,3-4,8,11H2,1-2H3,(H,19,20,22). The number of benzene rings is 1. The lowest BCUT2D eigenvalue weighted by molar-refractivity contribution is -0.142. The van der Waals surface area contributed by atoms with Gasteiger partial charge in [-0.15, -0.1) is 11.3 Å². The van der Waals surface area contributed by atoms with Crippen LogP contribution in [0.25, 0.3) is 0 Å². The molecule has 0 fully saturated rings. The Bertz CT molecular complexity index is 670. The molecule has 1 aromatic heterocycles. The van der Waals surface area contributed by atoms with Crippen molar-refractivity contribution < 1.29 is 14.3 Å². The van der Waals surface area contributed by atoms with Crippen LogP contribution in [-0.4, -0.2) is 23.5 Å². The molecule has 24 heavy (non-hydrogen) atoms. The minimum absolute atomic E-state index is 0.0694. The summed E-state index contributed by atoms with van der Waals surface area (Å²) in [6, 6.07) is 9.74. The maximum Gasteiger partial charge on any atom is 0.311 e. The molecule has 1 aromatic carbocycles. The van der Waals surface area contributed by atoms with E-state index in [2.05, 4.69) is 17.2 Å². The van der Waals surface area contributed by atoms with E-state index in [9.17, 15) is 9.59 Å². The van der Waals surface area contributed by atoms with Gasteiger partial charge in [0.1, 0.15) is 0 Å². The number of esters is 1. The predicted octanol–water partition coefficient (Wildman–Crippen LogP) is 3.77. The molecule has 0 saturated heterocycles. The third-order valence-corrected chi connectivity index (χ3v) is 4.31. The molecule has 0 saturated carbocycles. The van der Waals surface area contributed by atoms with Crippen molar-refractivity contribution >= 4 is 28.3 Å². The number of carbonyl (C=O) groups excluding carboxylic acids is 2. The fourth-order valence-electron chi connectivity index (χ4n) is 2.42. The fraction of sp³-hybridized carbons (Fsp3) is 0.389. The highest BCUT2D eigenvalue weighted by Crippen LogP contribution is 2.24. The molecule has 1 N–H and O–H groups in total. The third-order valence-electron chi connectivity index (χ3n) is 3.51. The number of aromatic nitrogens is 1. The molecular weight excluding hydrogens is 324 g/mol. The number of hydrogen-bond donors (Lipinski definition) is 1. The summed E-state index contributed by atoms with van der Waals surface area (Å²) in [7, 11) is 0. The Morgan fingerprint density at radius 3 is 2.67 bits per heavy atom. The predicted molar refractivity (Wildman–Crippen MR) is 95.2 cm³/mol. The van der Waals surface area contributed by atoms with Crippen LogP contribution < -0.4 is 5.32 Å². The summed E-state index contributed by atoms with van der Waals surface area (Å²) in [4.78, 5) is 28.4. The van der Waals surface area contributed by atoms with Crippen molar-refractivity contribution in [3.63, 3.8) is 0 Å². The smallest absolute Gasteiger partial charge is 0.311 e. The first kappa shape index (κ1) is 18.1. The first-order valence-corrected chi connectivity index (χ1v) is 8.97. The maximum absolute atomic E-state index is 12.6. The summed E-state index contributed by atoms with van der Waals surface area (Å²) in [6.45, 7) is 4.18. The van der Waals surface area contributed by atoms with Crippen molar-refractivity contribution in [3.05, 3.63) is 47.0 Å². The molecule has 0 radical (unpaired) electrons. The monoisotopic (exact) mass is 346 g/mol. The van der Waals surface area contributed by atoms with E-state index in [1.54, 1.807) is 12.3 Å². The van der Waals surface area contributed by atoms with Crippen LogP contribution in [0.15, 0.2) is 35.7 Å². The molecule has 0 bridgehead atoms. The van der Waals surface area contributed by atoms with Crippen LogP contribution >= 0.6 is 11.3 Å². The van der Waals surface area contributed by atoms with Gasteiger partial charge in [-0.1, -0.05) is 43.7 Å². The van der Waals surface area contributed by atoms with E-state index >= 15 is 0 Å². The van der Waals surface area contributed by atoms with Crippen LogP contribution in [-0.2, 0) is 20.7 Å². The molecule has 5 nitrogen and oxygen atoms in total. The maximum atomic E-state index is 12.6. The SMILES string of the molecule is CCCC(C(=O)Nc1nc(CC(=O)OCC)cs1)c1ccccc1. The van der Waals surface area contributed by atoms with E-state index in [1.807, 2.05) is 30.3 Å². The molecular formula is C18H22N2O3S. The van der Waals surface area contributed by atoms with Gasteiger partial charge in [0.2, 0.25) is 5.91 Å². The van der Waals surface area contributed by atoms with Gasteiger partial charge in [-0.25, -0.2) is 4.98 Å². The fourth-order valence-corrected chi connectivity index (χ4v) is 3.13. The Hall–Kier alpha value is -2.21. The van der Waals surface area contributed by atoms with Crippen molar-refractivity contribution in [1.29, 1.82) is 0 Å². The Morgan fingerprint density at radius 2 is 2.00 bits per heavy atom. The highest BCUT2D eigenvalue weighted by Gasteiger charge is 2.20. The number of hydrogen-bond acceptors (Lipinski definition) is 5. The van der Waals surface area contributed by atoms with Crippen LogP contribution in [0, 0.1) is 0 Å². The van der Waals surface area contributed by atoms with E-state index in [-0.39, 0.29) is 24.2 Å². The molecule has 1 amide bonds. The summed E-state index contributed by atoms with van der Waals surface area (Å²) >= 11 is 1.32. The van der Waals surface area contributed by atoms with E-state index in [4.69, 9.17) is 4.74 Å². The van der Waals surface area contributed by atoms with Gasteiger partial charge in [-0.2, -0.15) is 0 Å². The second-order valence-electron chi connectivity index (χ2n) is 5.37. The lowest BCUT2D eigenvalue weighted by atomic mass is 9.94. The Kier molecular flexibility index (Phi) is 6.93. The summed E-state index contributed by atoms with van der Waals surface area (Å²) in [5, 5.41) is 5.15. The van der Waals surface area contributed by atoms with Crippen molar-refractivity contribution in [2.45, 2.75) is 39.0 Å². The largest absolute Gasteiger partial charge is 0.466 e. The van der Waals surface area contributed by atoms with Gasteiger partial charge in [0.05, 0.1) is 24.6 Å². The van der Waals surface area contributed by atoms with Gasteiger partial charge < -0.3 is 10.1 Å². The van der Waals surface area contributed by atoms with Crippen LogP contribution in [0.2, 0.25) is 0 Å². The summed E-state index contributed by atoms with van der Waals surface area (Å²) in [5.74, 6) is -0.581. The molecule has 2 rings (SSSR count). The Labute approximate surface area is 146 Å². The first-order valence-electron chi connectivity index (χ1n) is 8.09. The summed E-state index contributed by atoms with van der Waals surface area (Å²) < 4.78 is 4.90. The van der Waals surface area contributed by atoms with E-state index in [0.717, 1.165) is 18.4 Å². The molecule has 0 spiro atoms. The molecule has 128 valence electrons. The molecule has 0 aliphatic carbocycles. The summed E-state index contributed by atoms with van der Waals surface area (Å²) in [5.41, 5.74) is 1.61. The zero-order valence-corrected chi connectivity index (χ0v) is 14.8. The molecule has 0 aliphatic rings. The first-order chi connectivity index (χ1) is 11.6. The van der Waals surface area contributed by atoms with Crippen LogP contribution in [0.1, 0.15) is 43.9 Å². The number of amides is 1. The minimum Gasteiger partial charge on any atom is -0.466 e. The number of nitrogens with zero attached hydrogens (tertiary/aromatic N) is 1. The highest BCUT2D eigenvalue weighted by atomic mass is 32.1. The zero-order chi connectivity index (χ0) is 17.4. The van der Waals surface area contributed by atoms with Crippen molar-refractivity contribution in [2.75, 3.05) is 11.9 Å². The topological polar surface area (TPSA) is 68.3 Å². The lowest BCUT2D eigenvalue weighted by Crippen LogP contribution is -2.21. The minimum atomic E-state index is -0.311.